The number of nitrogen functional groups attached to an aromatic ring is 1. The van der Waals surface area contributed by atoms with E-state index in [4.69, 9.17) is 10.5 Å². The van der Waals surface area contributed by atoms with E-state index in [1.54, 1.807) is 0 Å². The first kappa shape index (κ1) is 18.5. The van der Waals surface area contributed by atoms with Crippen LogP contribution in [0.25, 0.3) is 11.3 Å². The Hall–Kier alpha value is -1.88. The Morgan fingerprint density at radius 2 is 1.79 bits per heavy atom. The van der Waals surface area contributed by atoms with Crippen LogP contribution in [0.3, 0.4) is 0 Å². The summed E-state index contributed by atoms with van der Waals surface area (Å²) >= 11 is 0. The van der Waals surface area contributed by atoms with Gasteiger partial charge >= 0.3 is 0 Å². The zero-order valence-corrected chi connectivity index (χ0v) is 15.5. The molecule has 0 saturated carbocycles. The van der Waals surface area contributed by atoms with E-state index in [0.29, 0.717) is 6.61 Å². The maximum Gasteiger partial charge on any atom is 0.113 e. The molecule has 0 aliphatic rings. The molecule has 2 N–H and O–H groups in total. The Morgan fingerprint density at radius 1 is 1.12 bits per heavy atom. The van der Waals surface area contributed by atoms with E-state index < -0.39 is 0 Å². The van der Waals surface area contributed by atoms with E-state index in [9.17, 15) is 0 Å². The van der Waals surface area contributed by atoms with E-state index in [1.807, 2.05) is 35.1 Å². The molecule has 0 aliphatic carbocycles. The zero-order chi connectivity index (χ0) is 17.8. The summed E-state index contributed by atoms with van der Waals surface area (Å²) in [6.45, 7) is 11.3. The Labute approximate surface area is 145 Å². The lowest BCUT2D eigenvalue weighted by molar-refractivity contribution is -0.0592. The van der Waals surface area contributed by atoms with Crippen molar-refractivity contribution in [2.45, 2.75) is 65.0 Å². The molecule has 0 fully saturated rings. The number of benzene rings is 1. The average molecular weight is 330 g/mol. The quantitative estimate of drug-likeness (QED) is 0.735. The maximum atomic E-state index is 6.18. The second-order valence-electron chi connectivity index (χ2n) is 7.63. The van der Waals surface area contributed by atoms with Gasteiger partial charge in [0.05, 0.1) is 23.9 Å². The van der Waals surface area contributed by atoms with Crippen molar-refractivity contribution >= 4 is 5.69 Å². The van der Waals surface area contributed by atoms with Crippen LogP contribution >= 0.6 is 0 Å². The zero-order valence-electron chi connectivity index (χ0n) is 15.5. The number of ether oxygens (including phenoxy) is 1. The monoisotopic (exact) mass is 330 g/mol. The van der Waals surface area contributed by atoms with E-state index >= 15 is 0 Å². The number of rotatable bonds is 8. The van der Waals surface area contributed by atoms with Gasteiger partial charge in [0.15, 0.2) is 0 Å². The van der Waals surface area contributed by atoms with Crippen LogP contribution in [0, 0.1) is 0 Å². The first-order valence-electron chi connectivity index (χ1n) is 8.66. The molecule has 0 aliphatic heterocycles. The van der Waals surface area contributed by atoms with E-state index in [1.165, 1.54) is 12.8 Å². The number of unbranched alkanes of at least 4 members (excludes halogenated alkanes) is 1. The molecule has 2 rings (SSSR count). The van der Waals surface area contributed by atoms with Crippen LogP contribution < -0.4 is 5.73 Å². The molecule has 24 heavy (non-hydrogen) atoms. The largest absolute Gasteiger partial charge is 0.399 e. The predicted molar refractivity (Wildman–Crippen MR) is 98.7 cm³/mol. The minimum Gasteiger partial charge on any atom is -0.399 e. The summed E-state index contributed by atoms with van der Waals surface area (Å²) in [6, 6.07) is 7.67. The highest BCUT2D eigenvalue weighted by Gasteiger charge is 2.27. The molecule has 132 valence electrons. The molecule has 0 radical (unpaired) electrons. The molecule has 1 aromatic carbocycles. The van der Waals surface area contributed by atoms with Gasteiger partial charge in [-0.05, 0) is 46.2 Å². The van der Waals surface area contributed by atoms with Crippen LogP contribution in [0.15, 0.2) is 30.5 Å². The normalized spacial score (nSPS) is 12.5. The Kier molecular flexibility index (Phi) is 5.65. The summed E-state index contributed by atoms with van der Waals surface area (Å²) in [7, 11) is 0. The van der Waals surface area contributed by atoms with Crippen LogP contribution in [0.4, 0.5) is 5.69 Å². The molecule has 0 bridgehead atoms. The smallest absolute Gasteiger partial charge is 0.113 e. The van der Waals surface area contributed by atoms with Crippen LogP contribution in [0.2, 0.25) is 0 Å². The molecule has 1 aromatic heterocycles. The number of nitrogens with two attached hydrogens (primary N) is 1. The van der Waals surface area contributed by atoms with Crippen LogP contribution in [0.5, 0.6) is 0 Å². The lowest BCUT2D eigenvalue weighted by Gasteiger charge is -2.32. The predicted octanol–water partition coefficient (Wildman–Crippen LogP) is 4.25. The summed E-state index contributed by atoms with van der Waals surface area (Å²) in [6.07, 6.45) is 5.39. The first-order valence-corrected chi connectivity index (χ1v) is 8.66. The van der Waals surface area contributed by atoms with E-state index in [-0.39, 0.29) is 11.1 Å². The maximum absolute atomic E-state index is 6.18. The molecule has 0 unspecified atom stereocenters. The molecule has 0 spiro atoms. The minimum absolute atomic E-state index is 0.117. The third kappa shape index (κ3) is 4.81. The SMILES string of the molecule is CCCCC(C)(C)OCC(C)(C)n1cc(-c2ccc(N)cc2)nn1. The van der Waals surface area contributed by atoms with Gasteiger partial charge in [-0.2, -0.15) is 0 Å². The summed E-state index contributed by atoms with van der Waals surface area (Å²) in [5.41, 5.74) is 7.95. The van der Waals surface area contributed by atoms with Gasteiger partial charge in [0.25, 0.3) is 0 Å². The number of aromatic nitrogens is 3. The molecule has 5 heteroatoms. The topological polar surface area (TPSA) is 66.0 Å². The van der Waals surface area contributed by atoms with Crippen molar-refractivity contribution in [1.29, 1.82) is 0 Å². The van der Waals surface area contributed by atoms with Gasteiger partial charge in [-0.25, -0.2) is 4.68 Å². The molecule has 2 aromatic rings. The Balaban J connectivity index is 2.05. The van der Waals surface area contributed by atoms with Crippen molar-refractivity contribution in [3.8, 4) is 11.3 Å². The minimum atomic E-state index is -0.261. The highest BCUT2D eigenvalue weighted by Crippen LogP contribution is 2.25. The third-order valence-corrected chi connectivity index (χ3v) is 4.27. The van der Waals surface area contributed by atoms with Gasteiger partial charge in [-0.1, -0.05) is 37.1 Å². The Morgan fingerprint density at radius 3 is 2.42 bits per heavy atom. The Bertz CT molecular complexity index is 644. The number of anilines is 1. The standard InChI is InChI=1S/C19H30N4O/c1-6-7-12-19(4,5)24-14-18(2,3)23-13-17(21-22-23)15-8-10-16(20)11-9-15/h8-11,13H,6-7,12,14,20H2,1-5H3. The van der Waals surface area contributed by atoms with Gasteiger partial charge < -0.3 is 10.5 Å². The number of hydrogen-bond acceptors (Lipinski definition) is 4. The molecule has 0 amide bonds. The highest BCUT2D eigenvalue weighted by atomic mass is 16.5. The van der Waals surface area contributed by atoms with Crippen molar-refractivity contribution < 1.29 is 4.74 Å². The lowest BCUT2D eigenvalue weighted by Crippen LogP contribution is -2.37. The second kappa shape index (κ2) is 7.34. The summed E-state index contributed by atoms with van der Waals surface area (Å²) in [5.74, 6) is 0. The average Bonchev–Trinajstić information content (AvgIpc) is 3.03. The summed E-state index contributed by atoms with van der Waals surface area (Å²) < 4.78 is 8.06. The van der Waals surface area contributed by atoms with Gasteiger partial charge in [-0.15, -0.1) is 5.10 Å². The van der Waals surface area contributed by atoms with Gasteiger partial charge in [0.2, 0.25) is 0 Å². The first-order chi connectivity index (χ1) is 11.2. The molecule has 5 nitrogen and oxygen atoms in total. The molecule has 1 heterocycles. The second-order valence-corrected chi connectivity index (χ2v) is 7.63. The van der Waals surface area contributed by atoms with Gasteiger partial charge in [-0.3, -0.25) is 0 Å². The van der Waals surface area contributed by atoms with Crippen molar-refractivity contribution in [1.82, 2.24) is 15.0 Å². The van der Waals surface area contributed by atoms with E-state index in [2.05, 4.69) is 44.9 Å². The molecule has 0 atom stereocenters. The molecular weight excluding hydrogens is 300 g/mol. The summed E-state index contributed by atoms with van der Waals surface area (Å²) in [4.78, 5) is 0. The lowest BCUT2D eigenvalue weighted by atomic mass is 10.0. The molecule has 0 saturated heterocycles. The van der Waals surface area contributed by atoms with Crippen LogP contribution in [-0.2, 0) is 10.3 Å². The fourth-order valence-corrected chi connectivity index (χ4v) is 2.46. The molecular formula is C19H30N4O. The van der Waals surface area contributed by atoms with Crippen LogP contribution in [0.1, 0.15) is 53.9 Å². The van der Waals surface area contributed by atoms with E-state index in [0.717, 1.165) is 23.4 Å². The summed E-state index contributed by atoms with van der Waals surface area (Å²) in [5, 5.41) is 8.60. The van der Waals surface area contributed by atoms with Crippen molar-refractivity contribution in [2.75, 3.05) is 12.3 Å². The van der Waals surface area contributed by atoms with Gasteiger partial charge in [0.1, 0.15) is 5.69 Å². The van der Waals surface area contributed by atoms with Crippen molar-refractivity contribution in [3.05, 3.63) is 30.5 Å². The van der Waals surface area contributed by atoms with Crippen molar-refractivity contribution in [2.24, 2.45) is 0 Å². The van der Waals surface area contributed by atoms with Crippen molar-refractivity contribution in [3.63, 3.8) is 0 Å². The third-order valence-electron chi connectivity index (χ3n) is 4.27. The number of nitrogens with zero attached hydrogens (tertiary/aromatic N) is 3. The fourth-order valence-electron chi connectivity index (χ4n) is 2.46. The highest BCUT2D eigenvalue weighted by molar-refractivity contribution is 5.60. The number of hydrogen-bond donors (Lipinski definition) is 1. The van der Waals surface area contributed by atoms with Crippen LogP contribution in [-0.4, -0.2) is 27.2 Å². The fraction of sp³-hybridized carbons (Fsp3) is 0.579. The van der Waals surface area contributed by atoms with Gasteiger partial charge in [0, 0.05) is 11.3 Å².